The van der Waals surface area contributed by atoms with E-state index in [2.05, 4.69) is 4.98 Å². The highest BCUT2D eigenvalue weighted by atomic mass is 16.1. The van der Waals surface area contributed by atoms with Gasteiger partial charge in [-0.3, -0.25) is 4.79 Å². The molecule has 4 rings (SSSR count). The molecule has 2 aromatic carbocycles. The van der Waals surface area contributed by atoms with Gasteiger partial charge < -0.3 is 10.1 Å². The first-order valence-corrected chi connectivity index (χ1v) is 7.66. The zero-order valence-electron chi connectivity index (χ0n) is 12.9. The number of benzene rings is 2. The molecular formula is C20H15N3O. The maximum absolute atomic E-state index is 11.9. The number of hydrogen-bond acceptors (Lipinski definition) is 2. The van der Waals surface area contributed by atoms with Gasteiger partial charge in [0.15, 0.2) is 0 Å². The standard InChI is InChI=1S/C20H15N3O/c21-20(24)16-10-6-9-15(19(16)14-7-2-1-3-8-14)17-13-23-12-5-4-11-18(23)22-17/h1-13H,(H2,21,24). The summed E-state index contributed by atoms with van der Waals surface area (Å²) in [7, 11) is 0. The molecule has 0 fully saturated rings. The fourth-order valence-electron chi connectivity index (χ4n) is 2.95. The number of pyridine rings is 1. The molecule has 1 amide bonds. The van der Waals surface area contributed by atoms with Crippen LogP contribution in [0.2, 0.25) is 0 Å². The van der Waals surface area contributed by atoms with Crippen LogP contribution in [-0.2, 0) is 0 Å². The van der Waals surface area contributed by atoms with Gasteiger partial charge in [0.1, 0.15) is 5.65 Å². The summed E-state index contributed by atoms with van der Waals surface area (Å²) in [4.78, 5) is 16.6. The normalized spacial score (nSPS) is 10.8. The average Bonchev–Trinajstić information content (AvgIpc) is 3.05. The maximum atomic E-state index is 11.9. The maximum Gasteiger partial charge on any atom is 0.249 e. The lowest BCUT2D eigenvalue weighted by atomic mass is 9.92. The van der Waals surface area contributed by atoms with E-state index in [9.17, 15) is 4.79 Å². The molecule has 4 nitrogen and oxygen atoms in total. The quantitative estimate of drug-likeness (QED) is 0.626. The minimum Gasteiger partial charge on any atom is -0.366 e. The molecule has 0 aliphatic carbocycles. The van der Waals surface area contributed by atoms with E-state index in [0.717, 1.165) is 28.0 Å². The molecule has 0 saturated carbocycles. The molecule has 116 valence electrons. The molecule has 0 bridgehead atoms. The van der Waals surface area contributed by atoms with Crippen molar-refractivity contribution in [3.63, 3.8) is 0 Å². The summed E-state index contributed by atoms with van der Waals surface area (Å²) in [5, 5.41) is 0. The van der Waals surface area contributed by atoms with Gasteiger partial charge in [-0.1, -0.05) is 48.5 Å². The summed E-state index contributed by atoms with van der Waals surface area (Å²) in [5.41, 5.74) is 10.4. The highest BCUT2D eigenvalue weighted by Gasteiger charge is 2.17. The monoisotopic (exact) mass is 313 g/mol. The van der Waals surface area contributed by atoms with Crippen molar-refractivity contribution in [3.8, 4) is 22.4 Å². The highest BCUT2D eigenvalue weighted by molar-refractivity contribution is 6.03. The number of aromatic nitrogens is 2. The van der Waals surface area contributed by atoms with Crippen molar-refractivity contribution in [2.24, 2.45) is 5.73 Å². The van der Waals surface area contributed by atoms with E-state index < -0.39 is 5.91 Å². The van der Waals surface area contributed by atoms with Gasteiger partial charge in [-0.25, -0.2) is 4.98 Å². The Labute approximate surface area is 139 Å². The van der Waals surface area contributed by atoms with E-state index in [4.69, 9.17) is 5.73 Å². The second kappa shape index (κ2) is 5.66. The smallest absolute Gasteiger partial charge is 0.249 e. The molecule has 2 aromatic heterocycles. The molecule has 0 aliphatic rings. The van der Waals surface area contributed by atoms with Gasteiger partial charge in [0.25, 0.3) is 0 Å². The highest BCUT2D eigenvalue weighted by Crippen LogP contribution is 2.34. The summed E-state index contributed by atoms with van der Waals surface area (Å²) in [6, 6.07) is 21.2. The third kappa shape index (κ3) is 2.34. The third-order valence-corrected chi connectivity index (χ3v) is 4.03. The minimum absolute atomic E-state index is 0.445. The first-order chi connectivity index (χ1) is 11.7. The van der Waals surface area contributed by atoms with Crippen LogP contribution in [0.5, 0.6) is 0 Å². The van der Waals surface area contributed by atoms with E-state index in [0.29, 0.717) is 5.56 Å². The van der Waals surface area contributed by atoms with Crippen molar-refractivity contribution < 1.29 is 4.79 Å². The molecule has 0 unspecified atom stereocenters. The SMILES string of the molecule is NC(=O)c1cccc(-c2cn3ccccc3n2)c1-c1ccccc1. The van der Waals surface area contributed by atoms with Gasteiger partial charge in [-0.05, 0) is 23.8 Å². The molecule has 0 atom stereocenters. The van der Waals surface area contributed by atoms with Crippen molar-refractivity contribution in [1.29, 1.82) is 0 Å². The van der Waals surface area contributed by atoms with E-state index in [1.807, 2.05) is 77.5 Å². The van der Waals surface area contributed by atoms with Crippen molar-refractivity contribution in [3.05, 3.63) is 84.7 Å². The topological polar surface area (TPSA) is 60.4 Å². The van der Waals surface area contributed by atoms with Gasteiger partial charge in [0, 0.05) is 29.1 Å². The second-order valence-electron chi connectivity index (χ2n) is 5.55. The Kier molecular flexibility index (Phi) is 3.35. The third-order valence-electron chi connectivity index (χ3n) is 4.03. The molecule has 0 spiro atoms. The number of amides is 1. The van der Waals surface area contributed by atoms with Crippen LogP contribution >= 0.6 is 0 Å². The molecule has 2 N–H and O–H groups in total. The molecule has 24 heavy (non-hydrogen) atoms. The molecule has 4 heteroatoms. The van der Waals surface area contributed by atoms with E-state index in [-0.39, 0.29) is 0 Å². The molecular weight excluding hydrogens is 298 g/mol. The number of fused-ring (bicyclic) bond motifs is 1. The number of primary amides is 1. The van der Waals surface area contributed by atoms with E-state index >= 15 is 0 Å². The van der Waals surface area contributed by atoms with Gasteiger partial charge in [0.05, 0.1) is 5.69 Å². The first-order valence-electron chi connectivity index (χ1n) is 7.66. The fourth-order valence-corrected chi connectivity index (χ4v) is 2.95. The Balaban J connectivity index is 2.01. The zero-order chi connectivity index (χ0) is 16.5. The van der Waals surface area contributed by atoms with Gasteiger partial charge in [0.2, 0.25) is 5.91 Å². The Morgan fingerprint density at radius 1 is 0.917 bits per heavy atom. The Hall–Kier alpha value is -3.40. The largest absolute Gasteiger partial charge is 0.366 e. The lowest BCUT2D eigenvalue weighted by Gasteiger charge is -2.12. The van der Waals surface area contributed by atoms with Crippen molar-refractivity contribution in [1.82, 2.24) is 9.38 Å². The van der Waals surface area contributed by atoms with Gasteiger partial charge in [-0.15, -0.1) is 0 Å². The summed E-state index contributed by atoms with van der Waals surface area (Å²) >= 11 is 0. The Morgan fingerprint density at radius 3 is 2.46 bits per heavy atom. The van der Waals surface area contributed by atoms with Gasteiger partial charge >= 0.3 is 0 Å². The van der Waals surface area contributed by atoms with Gasteiger partial charge in [-0.2, -0.15) is 0 Å². The summed E-state index contributed by atoms with van der Waals surface area (Å²) < 4.78 is 1.96. The summed E-state index contributed by atoms with van der Waals surface area (Å²) in [6.07, 6.45) is 3.91. The van der Waals surface area contributed by atoms with Crippen LogP contribution in [0.4, 0.5) is 0 Å². The molecule has 0 saturated heterocycles. The predicted octanol–water partition coefficient (Wildman–Crippen LogP) is 3.77. The van der Waals surface area contributed by atoms with Crippen LogP contribution in [0, 0.1) is 0 Å². The lowest BCUT2D eigenvalue weighted by molar-refractivity contribution is 0.100. The minimum atomic E-state index is -0.445. The zero-order valence-corrected chi connectivity index (χ0v) is 12.9. The molecule has 2 heterocycles. The number of carbonyl (C=O) groups excluding carboxylic acids is 1. The number of imidazole rings is 1. The number of nitrogens with zero attached hydrogens (tertiary/aromatic N) is 2. The Bertz CT molecular complexity index is 1000. The summed E-state index contributed by atoms with van der Waals surface area (Å²) in [6.45, 7) is 0. The number of carbonyl (C=O) groups is 1. The second-order valence-corrected chi connectivity index (χ2v) is 5.55. The van der Waals surface area contributed by atoms with Crippen LogP contribution in [-0.4, -0.2) is 15.3 Å². The number of nitrogens with two attached hydrogens (primary N) is 1. The van der Waals surface area contributed by atoms with Crippen LogP contribution in [0.15, 0.2) is 79.1 Å². The van der Waals surface area contributed by atoms with Crippen LogP contribution in [0.1, 0.15) is 10.4 Å². The molecule has 4 aromatic rings. The average molecular weight is 313 g/mol. The molecule has 0 radical (unpaired) electrons. The van der Waals surface area contributed by atoms with Crippen molar-refractivity contribution >= 4 is 11.6 Å². The predicted molar refractivity (Wildman–Crippen MR) is 94.6 cm³/mol. The van der Waals surface area contributed by atoms with Crippen LogP contribution in [0.3, 0.4) is 0 Å². The van der Waals surface area contributed by atoms with Crippen molar-refractivity contribution in [2.45, 2.75) is 0 Å². The van der Waals surface area contributed by atoms with Crippen LogP contribution in [0.25, 0.3) is 28.0 Å². The number of rotatable bonds is 3. The number of hydrogen-bond donors (Lipinski definition) is 1. The van der Waals surface area contributed by atoms with E-state index in [1.54, 1.807) is 6.07 Å². The summed E-state index contributed by atoms with van der Waals surface area (Å²) in [5.74, 6) is -0.445. The van der Waals surface area contributed by atoms with Crippen molar-refractivity contribution in [2.75, 3.05) is 0 Å². The molecule has 0 aliphatic heterocycles. The Morgan fingerprint density at radius 2 is 1.71 bits per heavy atom. The van der Waals surface area contributed by atoms with E-state index in [1.165, 1.54) is 0 Å². The fraction of sp³-hybridized carbons (Fsp3) is 0. The van der Waals surface area contributed by atoms with Crippen LogP contribution < -0.4 is 5.73 Å². The lowest BCUT2D eigenvalue weighted by Crippen LogP contribution is -2.12. The first kappa shape index (κ1) is 14.2.